The van der Waals surface area contributed by atoms with Crippen molar-refractivity contribution in [3.8, 4) is 17.2 Å². The first-order chi connectivity index (χ1) is 13.3. The second-order valence-corrected chi connectivity index (χ2v) is 7.26. The molecule has 3 rings (SSSR count). The van der Waals surface area contributed by atoms with Crippen molar-refractivity contribution < 1.29 is 14.2 Å². The van der Waals surface area contributed by atoms with Gasteiger partial charge >= 0.3 is 0 Å². The van der Waals surface area contributed by atoms with E-state index in [9.17, 15) is 0 Å². The second-order valence-electron chi connectivity index (χ2n) is 6.20. The summed E-state index contributed by atoms with van der Waals surface area (Å²) < 4.78 is 16.6. The van der Waals surface area contributed by atoms with Gasteiger partial charge in [0.1, 0.15) is 0 Å². The number of rotatable bonds is 7. The molecule has 0 spiro atoms. The summed E-state index contributed by atoms with van der Waals surface area (Å²) in [5.41, 5.74) is 2.30. The molecule has 5 nitrogen and oxygen atoms in total. The topological polar surface area (TPSA) is 43.3 Å². The van der Waals surface area contributed by atoms with E-state index in [1.54, 1.807) is 21.3 Å². The van der Waals surface area contributed by atoms with Gasteiger partial charge in [-0.05, 0) is 24.1 Å². The maximum Gasteiger partial charge on any atom is 0.203 e. The lowest BCUT2D eigenvalue weighted by Gasteiger charge is -2.28. The van der Waals surface area contributed by atoms with Gasteiger partial charge in [-0.25, -0.2) is 0 Å². The number of hydrogen-bond donors (Lipinski definition) is 0. The third-order valence-electron chi connectivity index (χ3n) is 4.41. The first-order valence-corrected chi connectivity index (χ1v) is 9.99. The number of benzene rings is 2. The molecule has 1 heterocycles. The normalized spacial score (nSPS) is 13.7. The minimum absolute atomic E-state index is 0.621. The fraction of sp³-hybridized carbons (Fsp3) is 0.381. The summed E-state index contributed by atoms with van der Waals surface area (Å²) in [6.07, 6.45) is 1.13. The summed E-state index contributed by atoms with van der Waals surface area (Å²) >= 11 is 1.82. The summed E-state index contributed by atoms with van der Waals surface area (Å²) in [6.45, 7) is 2.37. The first-order valence-electron chi connectivity index (χ1n) is 9.00. The Hall–Kier alpha value is -2.34. The molecule has 0 saturated carbocycles. The van der Waals surface area contributed by atoms with Crippen molar-refractivity contribution in [2.24, 2.45) is 4.99 Å². The highest BCUT2D eigenvalue weighted by molar-refractivity contribution is 8.13. The number of nitrogens with zero attached hydrogens (tertiary/aromatic N) is 2. The van der Waals surface area contributed by atoms with Crippen LogP contribution < -0.4 is 14.2 Å². The SMILES string of the molecule is COc1ccc(CN(Cc2ccccc2)C2=NCCCS2)c(OC)c1OC. The van der Waals surface area contributed by atoms with Gasteiger partial charge in [-0.3, -0.25) is 4.99 Å². The molecule has 0 saturated heterocycles. The molecule has 2 aromatic carbocycles. The van der Waals surface area contributed by atoms with Crippen LogP contribution in [0.1, 0.15) is 17.5 Å². The number of aliphatic imine (C=N–C) groups is 1. The molecule has 0 radical (unpaired) electrons. The molecule has 2 aromatic rings. The lowest BCUT2D eigenvalue weighted by atomic mass is 10.1. The van der Waals surface area contributed by atoms with Crippen molar-refractivity contribution in [1.29, 1.82) is 0 Å². The third kappa shape index (κ3) is 4.69. The molecule has 144 valence electrons. The zero-order valence-electron chi connectivity index (χ0n) is 16.1. The predicted octanol–water partition coefficient (Wildman–Crippen LogP) is 4.21. The van der Waals surface area contributed by atoms with Gasteiger partial charge in [0.15, 0.2) is 16.7 Å². The van der Waals surface area contributed by atoms with Crippen LogP contribution in [0.2, 0.25) is 0 Å². The van der Waals surface area contributed by atoms with Crippen molar-refractivity contribution in [2.45, 2.75) is 19.5 Å². The average molecular weight is 387 g/mol. The minimum Gasteiger partial charge on any atom is -0.493 e. The molecule has 0 bridgehead atoms. The van der Waals surface area contributed by atoms with E-state index in [4.69, 9.17) is 19.2 Å². The smallest absolute Gasteiger partial charge is 0.203 e. The van der Waals surface area contributed by atoms with Crippen LogP contribution in [-0.2, 0) is 13.1 Å². The zero-order chi connectivity index (χ0) is 19.1. The fourth-order valence-electron chi connectivity index (χ4n) is 3.13. The Labute approximate surface area is 165 Å². The van der Waals surface area contributed by atoms with Gasteiger partial charge < -0.3 is 19.1 Å². The van der Waals surface area contributed by atoms with Crippen molar-refractivity contribution in [2.75, 3.05) is 33.6 Å². The monoisotopic (exact) mass is 386 g/mol. The number of hydrogen-bond acceptors (Lipinski definition) is 6. The highest BCUT2D eigenvalue weighted by Gasteiger charge is 2.21. The van der Waals surface area contributed by atoms with Gasteiger partial charge in [-0.15, -0.1) is 0 Å². The Morgan fingerprint density at radius 1 is 0.926 bits per heavy atom. The van der Waals surface area contributed by atoms with Crippen LogP contribution in [0.5, 0.6) is 17.2 Å². The predicted molar refractivity (Wildman–Crippen MR) is 111 cm³/mol. The maximum absolute atomic E-state index is 5.67. The van der Waals surface area contributed by atoms with Gasteiger partial charge in [-0.1, -0.05) is 42.1 Å². The number of methoxy groups -OCH3 is 3. The standard InChI is InChI=1S/C21H26N2O3S/c1-24-18-11-10-17(19(25-2)20(18)26-3)15-23(21-22-12-7-13-27-21)14-16-8-5-4-6-9-16/h4-6,8-11H,7,12-15H2,1-3H3. The molecule has 6 heteroatoms. The van der Waals surface area contributed by atoms with E-state index in [0.29, 0.717) is 23.8 Å². The molecule has 0 aliphatic carbocycles. The third-order valence-corrected chi connectivity index (χ3v) is 5.55. The van der Waals surface area contributed by atoms with Crippen molar-refractivity contribution in [3.63, 3.8) is 0 Å². The van der Waals surface area contributed by atoms with E-state index in [1.807, 2.05) is 30.0 Å². The van der Waals surface area contributed by atoms with E-state index in [1.165, 1.54) is 5.56 Å². The lowest BCUT2D eigenvalue weighted by Crippen LogP contribution is -2.30. The van der Waals surface area contributed by atoms with Gasteiger partial charge in [0.05, 0.1) is 21.3 Å². The molecule has 27 heavy (non-hydrogen) atoms. The Bertz CT molecular complexity index is 780. The Balaban J connectivity index is 1.93. The first kappa shape index (κ1) is 19.4. The summed E-state index contributed by atoms with van der Waals surface area (Å²) in [7, 11) is 4.92. The Morgan fingerprint density at radius 2 is 1.70 bits per heavy atom. The molecule has 0 unspecified atom stereocenters. The van der Waals surface area contributed by atoms with Crippen LogP contribution in [-0.4, -0.2) is 43.7 Å². The number of thioether (sulfide) groups is 1. The van der Waals surface area contributed by atoms with Crippen LogP contribution in [0.15, 0.2) is 47.5 Å². The van der Waals surface area contributed by atoms with Gasteiger partial charge in [0, 0.05) is 31.0 Å². The van der Waals surface area contributed by atoms with Crippen LogP contribution in [0.25, 0.3) is 0 Å². The summed E-state index contributed by atoms with van der Waals surface area (Å²) in [5.74, 6) is 3.09. The quantitative estimate of drug-likeness (QED) is 0.713. The van der Waals surface area contributed by atoms with Crippen molar-refractivity contribution in [1.82, 2.24) is 4.90 Å². The molecule has 0 N–H and O–H groups in total. The highest BCUT2D eigenvalue weighted by Crippen LogP contribution is 2.40. The summed E-state index contributed by atoms with van der Waals surface area (Å²) in [4.78, 5) is 7.07. The molecule has 1 aliphatic heterocycles. The van der Waals surface area contributed by atoms with Crippen LogP contribution in [0, 0.1) is 0 Å². The fourth-order valence-corrected chi connectivity index (χ4v) is 4.08. The van der Waals surface area contributed by atoms with Crippen LogP contribution in [0.3, 0.4) is 0 Å². The van der Waals surface area contributed by atoms with Crippen molar-refractivity contribution in [3.05, 3.63) is 53.6 Å². The zero-order valence-corrected chi connectivity index (χ0v) is 16.9. The molecule has 0 fully saturated rings. The van der Waals surface area contributed by atoms with E-state index < -0.39 is 0 Å². The Morgan fingerprint density at radius 3 is 2.33 bits per heavy atom. The van der Waals surface area contributed by atoms with E-state index in [0.717, 1.165) is 36.0 Å². The molecule has 0 aromatic heterocycles. The highest BCUT2D eigenvalue weighted by atomic mass is 32.2. The molecular formula is C21H26N2O3S. The maximum atomic E-state index is 5.67. The van der Waals surface area contributed by atoms with Gasteiger partial charge in [0.25, 0.3) is 0 Å². The molecular weight excluding hydrogens is 360 g/mol. The van der Waals surface area contributed by atoms with Crippen molar-refractivity contribution >= 4 is 16.9 Å². The van der Waals surface area contributed by atoms with E-state index >= 15 is 0 Å². The molecule has 0 atom stereocenters. The Kier molecular flexibility index (Phi) is 6.87. The molecule has 0 amide bonds. The largest absolute Gasteiger partial charge is 0.493 e. The molecule has 1 aliphatic rings. The number of ether oxygens (including phenoxy) is 3. The van der Waals surface area contributed by atoms with Gasteiger partial charge in [0.2, 0.25) is 5.75 Å². The van der Waals surface area contributed by atoms with Crippen LogP contribution in [0.4, 0.5) is 0 Å². The summed E-state index contributed by atoms with van der Waals surface area (Å²) in [6, 6.07) is 14.4. The lowest BCUT2D eigenvalue weighted by molar-refractivity contribution is 0.317. The van der Waals surface area contributed by atoms with Crippen LogP contribution >= 0.6 is 11.8 Å². The second kappa shape index (κ2) is 9.55. The number of amidine groups is 1. The summed E-state index contributed by atoms with van der Waals surface area (Å²) in [5, 5.41) is 1.09. The van der Waals surface area contributed by atoms with E-state index in [2.05, 4.69) is 29.2 Å². The van der Waals surface area contributed by atoms with E-state index in [-0.39, 0.29) is 0 Å². The average Bonchev–Trinajstić information content (AvgIpc) is 2.74. The van der Waals surface area contributed by atoms with Gasteiger partial charge in [-0.2, -0.15) is 0 Å². The minimum atomic E-state index is 0.621.